The standard InChI is InChI=1S/C20H14FN3O2S/c21-14-5-7-15(8-6-14)23-18-17(16-4-2-10-27-16)19(25)24(20(18)26)12-13-3-1-9-22-11-13/h1-11,23H,12H2. The quantitative estimate of drug-likeness (QED) is 0.687. The summed E-state index contributed by atoms with van der Waals surface area (Å²) in [6, 6.07) is 12.8. The number of anilines is 1. The van der Waals surface area contributed by atoms with Gasteiger partial charge in [0.15, 0.2) is 0 Å². The number of carbonyl (C=O) groups is 2. The number of halogens is 1. The van der Waals surface area contributed by atoms with Crippen LogP contribution >= 0.6 is 11.3 Å². The summed E-state index contributed by atoms with van der Waals surface area (Å²) >= 11 is 1.38. The minimum absolute atomic E-state index is 0.134. The molecule has 0 saturated carbocycles. The van der Waals surface area contributed by atoms with E-state index in [0.29, 0.717) is 16.1 Å². The second-order valence-electron chi connectivity index (χ2n) is 5.92. The zero-order valence-electron chi connectivity index (χ0n) is 14.1. The Balaban J connectivity index is 1.70. The molecule has 0 atom stereocenters. The Kier molecular flexibility index (Phi) is 4.52. The van der Waals surface area contributed by atoms with Crippen molar-refractivity contribution in [3.8, 4) is 0 Å². The maximum Gasteiger partial charge on any atom is 0.278 e. The molecule has 1 aromatic carbocycles. The van der Waals surface area contributed by atoms with Gasteiger partial charge in [-0.1, -0.05) is 12.1 Å². The number of carbonyl (C=O) groups excluding carboxylic acids is 2. The molecule has 0 bridgehead atoms. The predicted octanol–water partition coefficient (Wildman–Crippen LogP) is 3.67. The van der Waals surface area contributed by atoms with E-state index in [-0.39, 0.29) is 24.0 Å². The molecule has 0 aliphatic carbocycles. The lowest BCUT2D eigenvalue weighted by molar-refractivity contribution is -0.137. The smallest absolute Gasteiger partial charge is 0.278 e. The second kappa shape index (κ2) is 7.13. The third-order valence-corrected chi connectivity index (χ3v) is 5.00. The molecule has 4 rings (SSSR count). The summed E-state index contributed by atoms with van der Waals surface area (Å²) in [4.78, 5) is 31.9. The average Bonchev–Trinajstić information content (AvgIpc) is 3.28. The van der Waals surface area contributed by atoms with Crippen LogP contribution in [0.3, 0.4) is 0 Å². The Morgan fingerprint density at radius 2 is 1.85 bits per heavy atom. The van der Waals surface area contributed by atoms with Gasteiger partial charge in [-0.05, 0) is 47.3 Å². The third-order valence-electron chi connectivity index (χ3n) is 4.11. The van der Waals surface area contributed by atoms with Crippen LogP contribution in [0.5, 0.6) is 0 Å². The summed E-state index contributed by atoms with van der Waals surface area (Å²) in [5.41, 5.74) is 1.80. The zero-order valence-corrected chi connectivity index (χ0v) is 14.9. The highest BCUT2D eigenvalue weighted by atomic mass is 32.1. The topological polar surface area (TPSA) is 62.3 Å². The zero-order chi connectivity index (χ0) is 18.8. The number of amides is 2. The van der Waals surface area contributed by atoms with E-state index in [1.165, 1.54) is 40.5 Å². The SMILES string of the molecule is O=C1C(Nc2ccc(F)cc2)=C(c2cccs2)C(=O)N1Cc1cccnc1. The van der Waals surface area contributed by atoms with Crippen molar-refractivity contribution in [2.24, 2.45) is 0 Å². The van der Waals surface area contributed by atoms with Crippen LogP contribution in [-0.2, 0) is 16.1 Å². The highest BCUT2D eigenvalue weighted by Crippen LogP contribution is 2.33. The van der Waals surface area contributed by atoms with Gasteiger partial charge in [-0.2, -0.15) is 0 Å². The maximum absolute atomic E-state index is 13.2. The highest BCUT2D eigenvalue weighted by molar-refractivity contribution is 7.11. The number of thiophene rings is 1. The minimum Gasteiger partial charge on any atom is -0.350 e. The Labute approximate surface area is 158 Å². The van der Waals surface area contributed by atoms with Gasteiger partial charge in [0.1, 0.15) is 11.5 Å². The first-order valence-electron chi connectivity index (χ1n) is 8.19. The average molecular weight is 379 g/mol. The number of pyridine rings is 1. The van der Waals surface area contributed by atoms with Gasteiger partial charge < -0.3 is 5.32 Å². The molecule has 5 nitrogen and oxygen atoms in total. The largest absolute Gasteiger partial charge is 0.350 e. The normalized spacial score (nSPS) is 14.2. The summed E-state index contributed by atoms with van der Waals surface area (Å²) in [5.74, 6) is -1.16. The van der Waals surface area contributed by atoms with E-state index in [4.69, 9.17) is 0 Å². The van der Waals surface area contributed by atoms with Crippen LogP contribution < -0.4 is 5.32 Å². The van der Waals surface area contributed by atoms with Crippen molar-refractivity contribution in [2.45, 2.75) is 6.54 Å². The molecule has 27 heavy (non-hydrogen) atoms. The van der Waals surface area contributed by atoms with E-state index in [2.05, 4.69) is 10.3 Å². The molecule has 0 fully saturated rings. The van der Waals surface area contributed by atoms with E-state index in [1.807, 2.05) is 17.5 Å². The molecule has 134 valence electrons. The van der Waals surface area contributed by atoms with Gasteiger partial charge in [0.05, 0.1) is 12.1 Å². The summed E-state index contributed by atoms with van der Waals surface area (Å²) in [6.45, 7) is 0.134. The van der Waals surface area contributed by atoms with Gasteiger partial charge in [-0.3, -0.25) is 19.5 Å². The Morgan fingerprint density at radius 1 is 1.04 bits per heavy atom. The predicted molar refractivity (Wildman–Crippen MR) is 101 cm³/mol. The lowest BCUT2D eigenvalue weighted by Crippen LogP contribution is -2.32. The molecule has 2 aromatic heterocycles. The van der Waals surface area contributed by atoms with Crippen LogP contribution in [0, 0.1) is 5.82 Å². The molecular weight excluding hydrogens is 365 g/mol. The second-order valence-corrected chi connectivity index (χ2v) is 6.86. The van der Waals surface area contributed by atoms with Crippen LogP contribution in [0.15, 0.2) is 72.0 Å². The Morgan fingerprint density at radius 3 is 2.52 bits per heavy atom. The molecule has 1 aliphatic rings. The van der Waals surface area contributed by atoms with Gasteiger partial charge in [0, 0.05) is 23.0 Å². The van der Waals surface area contributed by atoms with Crippen molar-refractivity contribution in [2.75, 3.05) is 5.32 Å². The summed E-state index contributed by atoms with van der Waals surface area (Å²) in [5, 5.41) is 4.84. The lowest BCUT2D eigenvalue weighted by atomic mass is 10.2. The molecule has 1 aliphatic heterocycles. The van der Waals surface area contributed by atoms with E-state index in [0.717, 1.165) is 5.56 Å². The van der Waals surface area contributed by atoms with E-state index in [9.17, 15) is 14.0 Å². The molecule has 0 radical (unpaired) electrons. The Bertz CT molecular complexity index is 1020. The summed E-state index contributed by atoms with van der Waals surface area (Å²) in [7, 11) is 0. The van der Waals surface area contributed by atoms with Crippen molar-refractivity contribution in [1.29, 1.82) is 0 Å². The number of benzene rings is 1. The first-order valence-corrected chi connectivity index (χ1v) is 9.07. The molecule has 7 heteroatoms. The number of hydrogen-bond donors (Lipinski definition) is 1. The fourth-order valence-corrected chi connectivity index (χ4v) is 3.60. The van der Waals surface area contributed by atoms with Crippen molar-refractivity contribution >= 4 is 34.4 Å². The maximum atomic E-state index is 13.2. The van der Waals surface area contributed by atoms with Gasteiger partial charge >= 0.3 is 0 Å². The third kappa shape index (κ3) is 3.37. The number of hydrogen-bond acceptors (Lipinski definition) is 5. The summed E-state index contributed by atoms with van der Waals surface area (Å²) < 4.78 is 13.2. The fourth-order valence-electron chi connectivity index (χ4n) is 2.84. The van der Waals surface area contributed by atoms with Crippen LogP contribution in [0.4, 0.5) is 10.1 Å². The molecule has 3 heterocycles. The molecule has 1 N–H and O–H groups in total. The Hall–Kier alpha value is -3.32. The number of nitrogens with one attached hydrogen (secondary N) is 1. The van der Waals surface area contributed by atoms with Crippen LogP contribution in [0.25, 0.3) is 5.57 Å². The van der Waals surface area contributed by atoms with Crippen LogP contribution in [-0.4, -0.2) is 21.7 Å². The fraction of sp³-hybridized carbons (Fsp3) is 0.0500. The molecule has 0 saturated heterocycles. The molecular formula is C20H14FN3O2S. The molecule has 0 unspecified atom stereocenters. The van der Waals surface area contributed by atoms with E-state index >= 15 is 0 Å². The van der Waals surface area contributed by atoms with Crippen molar-refractivity contribution < 1.29 is 14.0 Å². The van der Waals surface area contributed by atoms with Gasteiger partial charge in [-0.15, -0.1) is 11.3 Å². The first kappa shape index (κ1) is 17.1. The first-order chi connectivity index (χ1) is 13.1. The van der Waals surface area contributed by atoms with E-state index in [1.54, 1.807) is 24.5 Å². The van der Waals surface area contributed by atoms with Crippen molar-refractivity contribution in [3.05, 3.63) is 88.3 Å². The van der Waals surface area contributed by atoms with Crippen molar-refractivity contribution in [1.82, 2.24) is 9.88 Å². The number of imide groups is 1. The highest BCUT2D eigenvalue weighted by Gasteiger charge is 2.39. The molecule has 2 amide bonds. The molecule has 3 aromatic rings. The van der Waals surface area contributed by atoms with Gasteiger partial charge in [0.25, 0.3) is 11.8 Å². The van der Waals surface area contributed by atoms with Gasteiger partial charge in [-0.25, -0.2) is 4.39 Å². The van der Waals surface area contributed by atoms with E-state index < -0.39 is 5.91 Å². The number of nitrogens with zero attached hydrogens (tertiary/aromatic N) is 2. The number of aromatic nitrogens is 1. The molecule has 0 spiro atoms. The van der Waals surface area contributed by atoms with Gasteiger partial charge in [0.2, 0.25) is 0 Å². The lowest BCUT2D eigenvalue weighted by Gasteiger charge is -2.15. The number of rotatable bonds is 5. The monoisotopic (exact) mass is 379 g/mol. The minimum atomic E-state index is -0.420. The van der Waals surface area contributed by atoms with Crippen molar-refractivity contribution in [3.63, 3.8) is 0 Å². The van der Waals surface area contributed by atoms with Crippen LogP contribution in [0.1, 0.15) is 10.4 Å². The summed E-state index contributed by atoms with van der Waals surface area (Å²) in [6.07, 6.45) is 3.25. The van der Waals surface area contributed by atoms with Crippen LogP contribution in [0.2, 0.25) is 0 Å².